The van der Waals surface area contributed by atoms with Crippen LogP contribution in [0.2, 0.25) is 0 Å². The van der Waals surface area contributed by atoms with E-state index in [1.807, 2.05) is 36.1 Å². The van der Waals surface area contributed by atoms with E-state index in [2.05, 4.69) is 0 Å². The lowest BCUT2D eigenvalue weighted by Gasteiger charge is -2.22. The van der Waals surface area contributed by atoms with Crippen molar-refractivity contribution in [3.05, 3.63) is 35.4 Å². The molecule has 0 spiro atoms. The van der Waals surface area contributed by atoms with Crippen LogP contribution in [0, 0.1) is 6.92 Å². The van der Waals surface area contributed by atoms with E-state index in [-0.39, 0.29) is 11.9 Å². The Morgan fingerprint density at radius 1 is 1.44 bits per heavy atom. The molecule has 1 amide bonds. The minimum atomic E-state index is 0.114. The minimum absolute atomic E-state index is 0.114. The quantitative estimate of drug-likeness (QED) is 0.725. The first-order valence-electron chi connectivity index (χ1n) is 5.66. The first kappa shape index (κ1) is 11.5. The van der Waals surface area contributed by atoms with E-state index in [0.717, 1.165) is 24.9 Å². The van der Waals surface area contributed by atoms with Crippen LogP contribution in [0.1, 0.15) is 28.8 Å². The van der Waals surface area contributed by atoms with E-state index >= 15 is 0 Å². The monoisotopic (exact) mass is 237 g/mol. The van der Waals surface area contributed by atoms with Gasteiger partial charge in [-0.2, -0.15) is 0 Å². The van der Waals surface area contributed by atoms with Crippen LogP contribution in [-0.2, 0) is 0 Å². The Morgan fingerprint density at radius 2 is 2.12 bits per heavy atom. The molecule has 1 unspecified atom stereocenters. The van der Waals surface area contributed by atoms with E-state index in [4.69, 9.17) is 11.6 Å². The molecule has 1 aliphatic heterocycles. The Labute approximate surface area is 101 Å². The molecule has 1 fully saturated rings. The number of likely N-dealkylation sites (tertiary alicyclic amines) is 1. The number of benzene rings is 1. The van der Waals surface area contributed by atoms with Crippen molar-refractivity contribution in [3.63, 3.8) is 0 Å². The number of rotatable bonds is 2. The van der Waals surface area contributed by atoms with Gasteiger partial charge in [0, 0.05) is 24.0 Å². The van der Waals surface area contributed by atoms with Crippen LogP contribution < -0.4 is 0 Å². The Balaban J connectivity index is 2.15. The fourth-order valence-corrected chi connectivity index (χ4v) is 2.45. The van der Waals surface area contributed by atoms with Gasteiger partial charge in [-0.25, -0.2) is 0 Å². The van der Waals surface area contributed by atoms with Crippen molar-refractivity contribution in [1.29, 1.82) is 0 Å². The topological polar surface area (TPSA) is 20.3 Å². The van der Waals surface area contributed by atoms with Crippen molar-refractivity contribution in [1.82, 2.24) is 4.90 Å². The van der Waals surface area contributed by atoms with Crippen LogP contribution in [0.3, 0.4) is 0 Å². The maximum absolute atomic E-state index is 12.2. The Kier molecular flexibility index (Phi) is 3.49. The van der Waals surface area contributed by atoms with E-state index in [9.17, 15) is 4.79 Å². The van der Waals surface area contributed by atoms with Crippen LogP contribution in [0.4, 0.5) is 0 Å². The Hall–Kier alpha value is -1.02. The largest absolute Gasteiger partial charge is 0.334 e. The van der Waals surface area contributed by atoms with Gasteiger partial charge in [0.25, 0.3) is 5.91 Å². The van der Waals surface area contributed by atoms with Gasteiger partial charge in [-0.15, -0.1) is 11.6 Å². The molecular formula is C13H16ClNO. The second-order valence-corrected chi connectivity index (χ2v) is 4.62. The number of amides is 1. The van der Waals surface area contributed by atoms with Gasteiger partial charge in [0.15, 0.2) is 0 Å². The summed E-state index contributed by atoms with van der Waals surface area (Å²) in [6.45, 7) is 2.86. The highest BCUT2D eigenvalue weighted by Crippen LogP contribution is 2.21. The lowest BCUT2D eigenvalue weighted by molar-refractivity contribution is 0.0749. The van der Waals surface area contributed by atoms with Gasteiger partial charge < -0.3 is 4.90 Å². The SMILES string of the molecule is Cc1ccc(C(=O)N2CCCC2CCl)cc1. The molecule has 1 atom stereocenters. The summed E-state index contributed by atoms with van der Waals surface area (Å²) >= 11 is 5.87. The predicted molar refractivity (Wildman–Crippen MR) is 66.0 cm³/mol. The number of aryl methyl sites for hydroxylation is 1. The standard InChI is InChI=1S/C13H16ClNO/c1-10-4-6-11(7-5-10)13(16)15-8-2-3-12(15)9-14/h4-7,12H,2-3,8-9H2,1H3. The number of halogens is 1. The summed E-state index contributed by atoms with van der Waals surface area (Å²) in [7, 11) is 0. The average molecular weight is 238 g/mol. The van der Waals surface area contributed by atoms with E-state index in [0.29, 0.717) is 5.88 Å². The molecule has 2 nitrogen and oxygen atoms in total. The molecule has 1 aromatic rings. The van der Waals surface area contributed by atoms with Gasteiger partial charge in [-0.05, 0) is 31.9 Å². The normalized spacial score (nSPS) is 20.1. The molecular weight excluding hydrogens is 222 g/mol. The molecule has 1 aromatic carbocycles. The first-order chi connectivity index (χ1) is 7.72. The number of hydrogen-bond acceptors (Lipinski definition) is 1. The van der Waals surface area contributed by atoms with Crippen molar-refractivity contribution in [3.8, 4) is 0 Å². The molecule has 0 saturated carbocycles. The van der Waals surface area contributed by atoms with Gasteiger partial charge in [0.2, 0.25) is 0 Å². The molecule has 1 heterocycles. The third-order valence-corrected chi connectivity index (χ3v) is 3.47. The summed E-state index contributed by atoms with van der Waals surface area (Å²) in [6, 6.07) is 7.94. The highest BCUT2D eigenvalue weighted by molar-refractivity contribution is 6.18. The maximum atomic E-state index is 12.2. The number of alkyl halides is 1. The molecule has 0 N–H and O–H groups in total. The van der Waals surface area contributed by atoms with Crippen molar-refractivity contribution in [2.24, 2.45) is 0 Å². The lowest BCUT2D eigenvalue weighted by Crippen LogP contribution is -2.36. The molecule has 1 aliphatic rings. The highest BCUT2D eigenvalue weighted by atomic mass is 35.5. The summed E-state index contributed by atoms with van der Waals surface area (Å²) in [6.07, 6.45) is 2.09. The fourth-order valence-electron chi connectivity index (χ4n) is 2.13. The lowest BCUT2D eigenvalue weighted by atomic mass is 10.1. The zero-order valence-electron chi connectivity index (χ0n) is 9.45. The van der Waals surface area contributed by atoms with Crippen LogP contribution >= 0.6 is 11.6 Å². The molecule has 0 aromatic heterocycles. The van der Waals surface area contributed by atoms with E-state index in [1.165, 1.54) is 5.56 Å². The molecule has 0 aliphatic carbocycles. The molecule has 1 saturated heterocycles. The molecule has 3 heteroatoms. The predicted octanol–water partition coefficient (Wildman–Crippen LogP) is 2.84. The van der Waals surface area contributed by atoms with E-state index in [1.54, 1.807) is 0 Å². The third kappa shape index (κ3) is 2.22. The molecule has 0 bridgehead atoms. The maximum Gasteiger partial charge on any atom is 0.254 e. The van der Waals surface area contributed by atoms with Crippen LogP contribution in [-0.4, -0.2) is 29.3 Å². The molecule has 86 valence electrons. The van der Waals surface area contributed by atoms with Gasteiger partial charge in [-0.3, -0.25) is 4.79 Å². The summed E-state index contributed by atoms with van der Waals surface area (Å²) in [5.41, 5.74) is 1.94. The Morgan fingerprint density at radius 3 is 2.75 bits per heavy atom. The zero-order chi connectivity index (χ0) is 11.5. The number of carbonyl (C=O) groups excluding carboxylic acids is 1. The zero-order valence-corrected chi connectivity index (χ0v) is 10.2. The fraction of sp³-hybridized carbons (Fsp3) is 0.462. The van der Waals surface area contributed by atoms with Crippen molar-refractivity contribution >= 4 is 17.5 Å². The second kappa shape index (κ2) is 4.88. The van der Waals surface area contributed by atoms with E-state index < -0.39 is 0 Å². The number of nitrogens with zero attached hydrogens (tertiary/aromatic N) is 1. The summed E-state index contributed by atoms with van der Waals surface area (Å²) in [5, 5.41) is 0. The summed E-state index contributed by atoms with van der Waals surface area (Å²) < 4.78 is 0. The van der Waals surface area contributed by atoms with Gasteiger partial charge in [0.05, 0.1) is 0 Å². The van der Waals surface area contributed by atoms with Crippen LogP contribution in [0.5, 0.6) is 0 Å². The van der Waals surface area contributed by atoms with Crippen molar-refractivity contribution in [2.45, 2.75) is 25.8 Å². The average Bonchev–Trinajstić information content (AvgIpc) is 2.77. The number of carbonyl (C=O) groups is 1. The van der Waals surface area contributed by atoms with Gasteiger partial charge in [0.1, 0.15) is 0 Å². The van der Waals surface area contributed by atoms with Gasteiger partial charge in [-0.1, -0.05) is 17.7 Å². The molecule has 2 rings (SSSR count). The van der Waals surface area contributed by atoms with Crippen molar-refractivity contribution in [2.75, 3.05) is 12.4 Å². The molecule has 16 heavy (non-hydrogen) atoms. The summed E-state index contributed by atoms with van der Waals surface area (Å²) in [5.74, 6) is 0.653. The van der Waals surface area contributed by atoms with Crippen LogP contribution in [0.15, 0.2) is 24.3 Å². The highest BCUT2D eigenvalue weighted by Gasteiger charge is 2.28. The molecule has 0 radical (unpaired) electrons. The summed E-state index contributed by atoms with van der Waals surface area (Å²) in [4.78, 5) is 14.1. The third-order valence-electron chi connectivity index (χ3n) is 3.11. The first-order valence-corrected chi connectivity index (χ1v) is 6.19. The van der Waals surface area contributed by atoms with Crippen molar-refractivity contribution < 1.29 is 4.79 Å². The Bertz CT molecular complexity index is 374. The minimum Gasteiger partial charge on any atom is -0.334 e. The smallest absolute Gasteiger partial charge is 0.254 e. The van der Waals surface area contributed by atoms with Gasteiger partial charge >= 0.3 is 0 Å². The number of hydrogen-bond donors (Lipinski definition) is 0. The van der Waals surface area contributed by atoms with Crippen LogP contribution in [0.25, 0.3) is 0 Å². The second-order valence-electron chi connectivity index (χ2n) is 4.31.